The number of nitrogens with one attached hydrogen (secondary N) is 3. The van der Waals surface area contributed by atoms with Crippen molar-refractivity contribution in [1.29, 1.82) is 4.78 Å². The van der Waals surface area contributed by atoms with Crippen LogP contribution < -0.4 is 10.9 Å². The van der Waals surface area contributed by atoms with Crippen molar-refractivity contribution in [3.8, 4) is 0 Å². The van der Waals surface area contributed by atoms with Gasteiger partial charge in [0.2, 0.25) is 0 Å². The number of aryl methyl sites for hydroxylation is 2. The normalized spacial score (nSPS) is 16.1. The van der Waals surface area contributed by atoms with Crippen LogP contribution in [0.25, 0.3) is 0 Å². The van der Waals surface area contributed by atoms with E-state index in [9.17, 15) is 13.8 Å². The Kier molecular flexibility index (Phi) is 6.31. The third-order valence-electron chi connectivity index (χ3n) is 5.32. The topological polar surface area (TPSA) is 103 Å². The van der Waals surface area contributed by atoms with Crippen LogP contribution in [0.4, 0.5) is 0 Å². The first-order chi connectivity index (χ1) is 14.1. The van der Waals surface area contributed by atoms with Crippen LogP contribution in [0.3, 0.4) is 0 Å². The zero-order valence-electron chi connectivity index (χ0n) is 17.7. The highest BCUT2D eigenvalue weighted by atomic mass is 32.2. The number of aromatic amines is 1. The second kappa shape index (κ2) is 8.60. The fraction of sp³-hybridized carbons (Fsp3) is 0.391. The summed E-state index contributed by atoms with van der Waals surface area (Å²) >= 11 is 0. The minimum atomic E-state index is -3.11. The Balaban J connectivity index is 1.64. The molecule has 1 atom stereocenters. The number of pyridine rings is 1. The van der Waals surface area contributed by atoms with Crippen LogP contribution in [0, 0.1) is 4.78 Å². The molecule has 0 aliphatic heterocycles. The Labute approximate surface area is 177 Å². The molecule has 6 nitrogen and oxygen atoms in total. The summed E-state index contributed by atoms with van der Waals surface area (Å²) < 4.78 is 20.8. The summed E-state index contributed by atoms with van der Waals surface area (Å²) in [4.78, 5) is 27.8. The standard InChI is InChI=1S/C23H29N3O3S/c1-23(2,3)17-9-11-18(12-10-17)30(24,29)14-6-13-25-21(27)19-15-16-7-4-5-8-20(16)26-22(19)28/h6,9-12,14-15,24H,4-5,7-8,13H2,1-3H3,(H,25,27)(H,26,28)/b14-6+. The Hall–Kier alpha value is -2.67. The van der Waals surface area contributed by atoms with Gasteiger partial charge in [-0.05, 0) is 60.4 Å². The molecule has 1 amide bonds. The number of aromatic nitrogens is 1. The minimum absolute atomic E-state index is 0.0178. The van der Waals surface area contributed by atoms with E-state index in [0.29, 0.717) is 4.90 Å². The van der Waals surface area contributed by atoms with E-state index >= 15 is 0 Å². The van der Waals surface area contributed by atoms with Crippen LogP contribution in [-0.2, 0) is 28.0 Å². The lowest BCUT2D eigenvalue weighted by Crippen LogP contribution is -2.31. The zero-order valence-corrected chi connectivity index (χ0v) is 18.5. The maximum atomic E-state index is 12.7. The first-order valence-electron chi connectivity index (χ1n) is 10.2. The van der Waals surface area contributed by atoms with Gasteiger partial charge in [0.25, 0.3) is 11.5 Å². The van der Waals surface area contributed by atoms with Gasteiger partial charge in [0, 0.05) is 17.6 Å². The molecule has 30 heavy (non-hydrogen) atoms. The number of hydrogen-bond donors (Lipinski definition) is 3. The maximum Gasteiger partial charge on any atom is 0.261 e. The maximum absolute atomic E-state index is 12.7. The first kappa shape index (κ1) is 22.0. The number of hydrogen-bond acceptors (Lipinski definition) is 4. The van der Waals surface area contributed by atoms with Crippen molar-refractivity contribution >= 4 is 15.6 Å². The molecule has 0 saturated heterocycles. The number of amides is 1. The molecule has 1 aromatic carbocycles. The van der Waals surface area contributed by atoms with Gasteiger partial charge in [-0.25, -0.2) is 8.99 Å². The van der Waals surface area contributed by atoms with Gasteiger partial charge in [-0.15, -0.1) is 0 Å². The molecule has 1 unspecified atom stereocenters. The monoisotopic (exact) mass is 427 g/mol. The summed E-state index contributed by atoms with van der Waals surface area (Å²) in [7, 11) is -3.11. The second-order valence-corrected chi connectivity index (χ2v) is 10.6. The molecule has 0 spiro atoms. The highest BCUT2D eigenvalue weighted by Gasteiger charge is 2.17. The van der Waals surface area contributed by atoms with E-state index in [1.54, 1.807) is 18.2 Å². The molecule has 3 N–H and O–H groups in total. The van der Waals surface area contributed by atoms with Crippen LogP contribution in [0.2, 0.25) is 0 Å². The van der Waals surface area contributed by atoms with Gasteiger partial charge in [0.05, 0.1) is 14.6 Å². The highest BCUT2D eigenvalue weighted by molar-refractivity contribution is 7.95. The molecule has 160 valence electrons. The van der Waals surface area contributed by atoms with Crippen molar-refractivity contribution in [3.05, 3.63) is 74.6 Å². The Bertz CT molecular complexity index is 1120. The number of fused-ring (bicyclic) bond motifs is 1. The quantitative estimate of drug-likeness (QED) is 0.674. The number of H-pyrrole nitrogens is 1. The van der Waals surface area contributed by atoms with Gasteiger partial charge < -0.3 is 10.3 Å². The van der Waals surface area contributed by atoms with Crippen LogP contribution in [-0.4, -0.2) is 21.6 Å². The van der Waals surface area contributed by atoms with Crippen LogP contribution in [0.15, 0.2) is 51.5 Å². The summed E-state index contributed by atoms with van der Waals surface area (Å²) in [5.74, 6) is -0.472. The van der Waals surface area contributed by atoms with Gasteiger partial charge >= 0.3 is 0 Å². The van der Waals surface area contributed by atoms with Crippen molar-refractivity contribution in [2.24, 2.45) is 0 Å². The Morgan fingerprint density at radius 1 is 1.20 bits per heavy atom. The Morgan fingerprint density at radius 3 is 2.53 bits per heavy atom. The average Bonchev–Trinajstić information content (AvgIpc) is 2.70. The molecular weight excluding hydrogens is 398 g/mol. The number of rotatable bonds is 5. The molecular formula is C23H29N3O3S. The number of carbonyl (C=O) groups is 1. The van der Waals surface area contributed by atoms with Crippen molar-refractivity contribution in [2.75, 3.05) is 6.54 Å². The van der Waals surface area contributed by atoms with Crippen LogP contribution >= 0.6 is 0 Å². The first-order valence-corrected chi connectivity index (χ1v) is 11.8. The second-order valence-electron chi connectivity index (χ2n) is 8.68. The summed E-state index contributed by atoms with van der Waals surface area (Å²) in [6.07, 6.45) is 5.30. The minimum Gasteiger partial charge on any atom is -0.348 e. The van der Waals surface area contributed by atoms with E-state index in [2.05, 4.69) is 31.1 Å². The Morgan fingerprint density at radius 2 is 1.87 bits per heavy atom. The van der Waals surface area contributed by atoms with E-state index in [0.717, 1.165) is 42.5 Å². The fourth-order valence-electron chi connectivity index (χ4n) is 3.51. The van der Waals surface area contributed by atoms with Crippen molar-refractivity contribution in [2.45, 2.75) is 56.8 Å². The summed E-state index contributed by atoms with van der Waals surface area (Å²) in [6, 6.07) is 8.89. The lowest BCUT2D eigenvalue weighted by molar-refractivity contribution is 0.0956. The van der Waals surface area contributed by atoms with Gasteiger partial charge in [-0.2, -0.15) is 0 Å². The molecule has 1 aromatic heterocycles. The molecule has 0 bridgehead atoms. The van der Waals surface area contributed by atoms with Gasteiger partial charge in [0.1, 0.15) is 5.56 Å². The summed E-state index contributed by atoms with van der Waals surface area (Å²) in [5.41, 5.74) is 2.74. The fourth-order valence-corrected chi connectivity index (χ4v) is 4.57. The molecule has 2 aromatic rings. The number of benzene rings is 1. The van der Waals surface area contributed by atoms with E-state index < -0.39 is 15.6 Å². The van der Waals surface area contributed by atoms with Gasteiger partial charge in [0.15, 0.2) is 0 Å². The van der Waals surface area contributed by atoms with E-state index in [1.807, 2.05) is 12.1 Å². The van der Waals surface area contributed by atoms with Gasteiger partial charge in [-0.3, -0.25) is 9.59 Å². The largest absolute Gasteiger partial charge is 0.348 e. The molecule has 0 fully saturated rings. The molecule has 7 heteroatoms. The highest BCUT2D eigenvalue weighted by Crippen LogP contribution is 2.24. The van der Waals surface area contributed by atoms with Crippen LogP contribution in [0.1, 0.15) is 60.8 Å². The van der Waals surface area contributed by atoms with Gasteiger partial charge in [-0.1, -0.05) is 39.0 Å². The molecule has 3 rings (SSSR count). The lowest BCUT2D eigenvalue weighted by Gasteiger charge is -2.19. The molecule has 0 saturated carbocycles. The smallest absolute Gasteiger partial charge is 0.261 e. The summed E-state index contributed by atoms with van der Waals surface area (Å²) in [5, 5.41) is 3.95. The lowest BCUT2D eigenvalue weighted by atomic mass is 9.87. The van der Waals surface area contributed by atoms with Crippen molar-refractivity contribution < 1.29 is 9.00 Å². The zero-order chi connectivity index (χ0) is 21.9. The predicted molar refractivity (Wildman–Crippen MR) is 119 cm³/mol. The molecule has 1 aliphatic carbocycles. The third kappa shape index (κ3) is 5.08. The van der Waals surface area contributed by atoms with Crippen molar-refractivity contribution in [1.82, 2.24) is 10.3 Å². The van der Waals surface area contributed by atoms with Crippen LogP contribution in [0.5, 0.6) is 0 Å². The SMILES string of the molecule is CC(C)(C)c1ccc(S(=N)(=O)/C=C/CNC(=O)c2cc3c([nH]c2=O)CCCC3)cc1. The van der Waals surface area contributed by atoms with E-state index in [-0.39, 0.29) is 23.1 Å². The number of carbonyl (C=O) groups excluding carboxylic acids is 1. The molecule has 1 heterocycles. The average molecular weight is 428 g/mol. The predicted octanol–water partition coefficient (Wildman–Crippen LogP) is 3.90. The molecule has 0 radical (unpaired) electrons. The van der Waals surface area contributed by atoms with Crippen molar-refractivity contribution in [3.63, 3.8) is 0 Å². The van der Waals surface area contributed by atoms with E-state index in [1.165, 1.54) is 11.5 Å². The third-order valence-corrected chi connectivity index (χ3v) is 6.87. The molecule has 1 aliphatic rings. The summed E-state index contributed by atoms with van der Waals surface area (Å²) in [6.45, 7) is 6.37. The van der Waals surface area contributed by atoms with E-state index in [4.69, 9.17) is 4.78 Å².